The summed E-state index contributed by atoms with van der Waals surface area (Å²) in [6.45, 7) is -3.04. The first-order chi connectivity index (χ1) is 5.08. The number of hydrogen-bond acceptors (Lipinski definition) is 2. The minimum Gasteiger partial charge on any atom is -0.307 e. The van der Waals surface area contributed by atoms with Gasteiger partial charge in [0.1, 0.15) is 0 Å². The lowest BCUT2D eigenvalue weighted by atomic mass is 9.98. The van der Waals surface area contributed by atoms with Crippen molar-refractivity contribution >= 4 is 19.0 Å². The van der Waals surface area contributed by atoms with Gasteiger partial charge >= 0.3 is 6.72 Å². The Labute approximate surface area is 72.3 Å². The van der Waals surface area contributed by atoms with Gasteiger partial charge in [-0.05, 0) is 12.8 Å². The molecule has 0 bridgehead atoms. The number of thiol groups is 1. The maximum absolute atomic E-state index is 10.9. The van der Waals surface area contributed by atoms with Gasteiger partial charge in [-0.1, -0.05) is 31.5 Å². The van der Waals surface area contributed by atoms with Crippen LogP contribution in [0.5, 0.6) is 0 Å². The lowest BCUT2D eigenvalue weighted by molar-refractivity contribution is 0.164. The van der Waals surface area contributed by atoms with Crippen LogP contribution in [0.2, 0.25) is 0 Å². The summed E-state index contributed by atoms with van der Waals surface area (Å²) in [5.41, 5.74) is 5.16. The average molecular weight is 195 g/mol. The van der Waals surface area contributed by atoms with Crippen molar-refractivity contribution in [1.29, 1.82) is 0 Å². The van der Waals surface area contributed by atoms with Crippen LogP contribution in [0.15, 0.2) is 0 Å². The van der Waals surface area contributed by atoms with Crippen molar-refractivity contribution in [2.24, 2.45) is 5.50 Å². The van der Waals surface area contributed by atoms with Gasteiger partial charge < -0.3 is 4.52 Å². The highest BCUT2D eigenvalue weighted by molar-refractivity contribution is 8.45. The second-order valence-corrected chi connectivity index (χ2v) is 5.94. The quantitative estimate of drug-likeness (QED) is 0.525. The van der Waals surface area contributed by atoms with E-state index in [0.717, 1.165) is 25.7 Å². The van der Waals surface area contributed by atoms with Gasteiger partial charge in [-0.2, -0.15) is 0 Å². The fourth-order valence-corrected chi connectivity index (χ4v) is 2.42. The monoisotopic (exact) mass is 195 g/mol. The van der Waals surface area contributed by atoms with E-state index in [1.807, 2.05) is 0 Å². The van der Waals surface area contributed by atoms with Crippen molar-refractivity contribution in [3.8, 4) is 0 Å². The van der Waals surface area contributed by atoms with Crippen molar-refractivity contribution in [2.75, 3.05) is 0 Å². The molecular weight excluding hydrogens is 181 g/mol. The van der Waals surface area contributed by atoms with Gasteiger partial charge in [-0.15, -0.1) is 0 Å². The first kappa shape index (κ1) is 9.59. The third-order valence-electron chi connectivity index (χ3n) is 1.85. The third-order valence-corrected chi connectivity index (χ3v) is 2.74. The van der Waals surface area contributed by atoms with E-state index in [1.54, 1.807) is 0 Å². The van der Waals surface area contributed by atoms with E-state index in [4.69, 9.17) is 10.0 Å². The molecule has 1 aliphatic carbocycles. The normalized spacial score (nSPS) is 26.4. The zero-order valence-corrected chi connectivity index (χ0v) is 8.19. The summed E-state index contributed by atoms with van der Waals surface area (Å²) >= 11 is 3.68. The highest BCUT2D eigenvalue weighted by Gasteiger charge is 2.20. The van der Waals surface area contributed by atoms with Crippen LogP contribution in [0.25, 0.3) is 0 Å². The van der Waals surface area contributed by atoms with Crippen LogP contribution >= 0.6 is 19.0 Å². The molecule has 0 spiro atoms. The molecule has 2 N–H and O–H groups in total. The molecule has 1 unspecified atom stereocenters. The van der Waals surface area contributed by atoms with Crippen molar-refractivity contribution < 1.29 is 9.09 Å². The van der Waals surface area contributed by atoms with Crippen molar-refractivity contribution in [3.05, 3.63) is 0 Å². The van der Waals surface area contributed by atoms with Gasteiger partial charge in [0.05, 0.1) is 6.10 Å². The summed E-state index contributed by atoms with van der Waals surface area (Å²) in [5.74, 6) is 0. The van der Waals surface area contributed by atoms with Gasteiger partial charge in [0.15, 0.2) is 0 Å². The van der Waals surface area contributed by atoms with Crippen LogP contribution in [0.4, 0.5) is 0 Å². The highest BCUT2D eigenvalue weighted by atomic mass is 32.7. The molecule has 5 heteroatoms. The fourth-order valence-electron chi connectivity index (χ4n) is 1.38. The van der Waals surface area contributed by atoms with Gasteiger partial charge in [0.25, 0.3) is 0 Å². The minimum absolute atomic E-state index is 0.0806. The Hall–Kier alpha value is 0.500. The van der Waals surface area contributed by atoms with Crippen LogP contribution in [0, 0.1) is 0 Å². The van der Waals surface area contributed by atoms with E-state index in [0.29, 0.717) is 0 Å². The Morgan fingerprint density at radius 3 is 2.36 bits per heavy atom. The van der Waals surface area contributed by atoms with E-state index in [2.05, 4.69) is 12.2 Å². The second kappa shape index (κ2) is 3.94. The Balaban J connectivity index is 2.30. The lowest BCUT2D eigenvalue weighted by Gasteiger charge is -2.22. The van der Waals surface area contributed by atoms with Crippen molar-refractivity contribution in [2.45, 2.75) is 38.2 Å². The molecule has 0 aliphatic heterocycles. The van der Waals surface area contributed by atoms with Crippen LogP contribution in [-0.2, 0) is 9.09 Å². The molecule has 0 saturated heterocycles. The third kappa shape index (κ3) is 4.16. The molecule has 0 aromatic heterocycles. The molecular formula is C6H14NO2PS. The van der Waals surface area contributed by atoms with Gasteiger partial charge in [-0.3, -0.25) is 10.1 Å². The van der Waals surface area contributed by atoms with E-state index in [-0.39, 0.29) is 6.10 Å². The zero-order valence-electron chi connectivity index (χ0n) is 6.40. The second-order valence-electron chi connectivity index (χ2n) is 2.93. The van der Waals surface area contributed by atoms with Gasteiger partial charge in [0, 0.05) is 0 Å². The first-order valence-electron chi connectivity index (χ1n) is 3.88. The molecule has 3 nitrogen and oxygen atoms in total. The molecule has 66 valence electrons. The van der Waals surface area contributed by atoms with E-state index < -0.39 is 6.72 Å². The predicted octanol–water partition coefficient (Wildman–Crippen LogP) is 2.33. The lowest BCUT2D eigenvalue weighted by Crippen LogP contribution is -2.15. The van der Waals surface area contributed by atoms with Crippen LogP contribution < -0.4 is 5.50 Å². The largest absolute Gasteiger partial charge is 0.321 e. The Morgan fingerprint density at radius 2 is 1.91 bits per heavy atom. The van der Waals surface area contributed by atoms with Gasteiger partial charge in [-0.25, -0.2) is 0 Å². The molecule has 0 aromatic carbocycles. The van der Waals surface area contributed by atoms with Crippen molar-refractivity contribution in [3.63, 3.8) is 0 Å². The molecule has 1 rings (SSSR count). The molecule has 11 heavy (non-hydrogen) atoms. The number of hydrogen-bond donors (Lipinski definition) is 2. The molecule has 1 aliphatic rings. The number of nitrogens with two attached hydrogens (primary N) is 1. The summed E-state index contributed by atoms with van der Waals surface area (Å²) in [7, 11) is 0. The Kier molecular flexibility index (Phi) is 3.44. The molecule has 1 fully saturated rings. The summed E-state index contributed by atoms with van der Waals surface area (Å²) in [5, 5.41) is 0. The number of rotatable bonds is 2. The summed E-state index contributed by atoms with van der Waals surface area (Å²) < 4.78 is 16.0. The standard InChI is InChI=1S/C6H14NO2PS/c7-10(8,11)9-6-4-2-1-3-5-6/h6H,1-5H2,(H3,7,8,11). The maximum Gasteiger partial charge on any atom is 0.321 e. The predicted molar refractivity (Wildman–Crippen MR) is 48.7 cm³/mol. The Morgan fingerprint density at radius 1 is 1.36 bits per heavy atom. The molecule has 0 radical (unpaired) electrons. The van der Waals surface area contributed by atoms with Gasteiger partial charge in [0.2, 0.25) is 0 Å². The topological polar surface area (TPSA) is 52.3 Å². The molecule has 0 aromatic rings. The van der Waals surface area contributed by atoms with E-state index >= 15 is 0 Å². The smallest absolute Gasteiger partial charge is 0.307 e. The minimum atomic E-state index is -3.04. The molecule has 0 amide bonds. The van der Waals surface area contributed by atoms with E-state index in [1.165, 1.54) is 6.42 Å². The zero-order chi connectivity index (χ0) is 8.32. The first-order valence-corrected chi connectivity index (χ1v) is 6.72. The summed E-state index contributed by atoms with van der Waals surface area (Å²) in [4.78, 5) is 0. The van der Waals surface area contributed by atoms with Crippen LogP contribution in [-0.4, -0.2) is 6.10 Å². The molecule has 0 heterocycles. The average Bonchev–Trinajstić information content (AvgIpc) is 1.85. The maximum atomic E-state index is 10.9. The molecule has 1 atom stereocenters. The van der Waals surface area contributed by atoms with Crippen LogP contribution in [0.3, 0.4) is 0 Å². The summed E-state index contributed by atoms with van der Waals surface area (Å²) in [6, 6.07) is 0. The highest BCUT2D eigenvalue weighted by Crippen LogP contribution is 2.46. The Bertz CT molecular complexity index is 164. The SMILES string of the molecule is NP(=O)(S)OC1CCCCC1. The molecule has 1 saturated carbocycles. The summed E-state index contributed by atoms with van der Waals surface area (Å²) in [6.07, 6.45) is 5.58. The fraction of sp³-hybridized carbons (Fsp3) is 1.00. The van der Waals surface area contributed by atoms with Crippen LogP contribution in [0.1, 0.15) is 32.1 Å². The van der Waals surface area contributed by atoms with E-state index in [9.17, 15) is 4.57 Å². The van der Waals surface area contributed by atoms with Crippen molar-refractivity contribution in [1.82, 2.24) is 0 Å².